The first-order chi connectivity index (χ1) is 15.7. The zero-order chi connectivity index (χ0) is 24.0. The number of nitrogens with zero attached hydrogens (tertiary/aromatic N) is 1. The number of carbonyl (C=O) groups excluding carboxylic acids is 1. The van der Waals surface area contributed by atoms with E-state index in [0.717, 1.165) is 24.8 Å². The second-order valence-electron chi connectivity index (χ2n) is 7.85. The first kappa shape index (κ1) is 24.9. The number of hydrogen-bond acceptors (Lipinski definition) is 5. The zero-order valence-electron chi connectivity index (χ0n) is 18.6. The van der Waals surface area contributed by atoms with E-state index in [2.05, 4.69) is 10.1 Å². The molecule has 1 saturated heterocycles. The third-order valence-corrected chi connectivity index (χ3v) is 7.64. The van der Waals surface area contributed by atoms with Gasteiger partial charge in [0.15, 0.2) is 0 Å². The van der Waals surface area contributed by atoms with E-state index in [1.54, 1.807) is 12.1 Å². The molecule has 0 spiro atoms. The second kappa shape index (κ2) is 10.9. The van der Waals surface area contributed by atoms with Crippen LogP contribution in [0.15, 0.2) is 47.4 Å². The molecule has 33 heavy (non-hydrogen) atoms. The van der Waals surface area contributed by atoms with Gasteiger partial charge in [0.05, 0.1) is 7.11 Å². The van der Waals surface area contributed by atoms with Crippen molar-refractivity contribution in [2.45, 2.75) is 50.2 Å². The molecular weight excluding hydrogens is 454 g/mol. The molecule has 0 saturated carbocycles. The van der Waals surface area contributed by atoms with Crippen molar-refractivity contribution < 1.29 is 31.5 Å². The molecule has 2 aromatic carbocycles. The molecule has 1 atom stereocenters. The second-order valence-corrected chi connectivity index (χ2v) is 9.71. The average Bonchev–Trinajstić information content (AvgIpc) is 2.79. The summed E-state index contributed by atoms with van der Waals surface area (Å²) in [5.41, 5.74) is 1.04. The molecule has 10 heteroatoms. The molecule has 1 aliphatic rings. The number of amides is 1. The van der Waals surface area contributed by atoms with Crippen molar-refractivity contribution in [3.63, 3.8) is 0 Å². The third-order valence-electron chi connectivity index (χ3n) is 5.60. The molecule has 180 valence electrons. The molecule has 0 radical (unpaired) electrons. The van der Waals surface area contributed by atoms with Crippen LogP contribution in [0.3, 0.4) is 0 Å². The molecule has 1 fully saturated rings. The number of sulfonamides is 1. The topological polar surface area (TPSA) is 84.9 Å². The number of nitrogens with one attached hydrogen (secondary N) is 1. The van der Waals surface area contributed by atoms with E-state index in [4.69, 9.17) is 4.74 Å². The van der Waals surface area contributed by atoms with Crippen LogP contribution in [-0.2, 0) is 16.4 Å². The minimum atomic E-state index is -3.82. The predicted molar refractivity (Wildman–Crippen MR) is 119 cm³/mol. The van der Waals surface area contributed by atoms with Crippen molar-refractivity contribution in [2.75, 3.05) is 20.2 Å². The van der Waals surface area contributed by atoms with E-state index in [0.29, 0.717) is 13.0 Å². The van der Waals surface area contributed by atoms with Gasteiger partial charge in [-0.05, 0) is 62.1 Å². The van der Waals surface area contributed by atoms with Crippen molar-refractivity contribution in [1.82, 2.24) is 9.62 Å². The van der Waals surface area contributed by atoms with Crippen LogP contribution < -0.4 is 14.8 Å². The normalized spacial score (nSPS) is 17.1. The predicted octanol–water partition coefficient (Wildman–Crippen LogP) is 3.83. The van der Waals surface area contributed by atoms with Crippen molar-refractivity contribution in [3.8, 4) is 11.5 Å². The van der Waals surface area contributed by atoms with Gasteiger partial charge >= 0.3 is 6.61 Å². The Balaban J connectivity index is 1.68. The lowest BCUT2D eigenvalue weighted by Gasteiger charge is -2.32. The summed E-state index contributed by atoms with van der Waals surface area (Å²) in [6.07, 6.45) is 3.03. The smallest absolute Gasteiger partial charge is 0.387 e. The van der Waals surface area contributed by atoms with Gasteiger partial charge in [-0.25, -0.2) is 8.42 Å². The van der Waals surface area contributed by atoms with Gasteiger partial charge in [0.25, 0.3) is 5.91 Å². The molecule has 1 heterocycles. The number of piperidine rings is 1. The lowest BCUT2D eigenvalue weighted by molar-refractivity contribution is -0.0498. The summed E-state index contributed by atoms with van der Waals surface area (Å²) in [7, 11) is -2.43. The number of rotatable bonds is 9. The third kappa shape index (κ3) is 6.20. The van der Waals surface area contributed by atoms with Crippen LogP contribution in [0.2, 0.25) is 0 Å². The number of benzene rings is 2. The Morgan fingerprint density at radius 2 is 1.91 bits per heavy atom. The summed E-state index contributed by atoms with van der Waals surface area (Å²) >= 11 is 0. The van der Waals surface area contributed by atoms with Gasteiger partial charge in [-0.15, -0.1) is 0 Å². The van der Waals surface area contributed by atoms with E-state index in [1.165, 1.54) is 41.7 Å². The molecule has 7 nitrogen and oxygen atoms in total. The van der Waals surface area contributed by atoms with E-state index in [-0.39, 0.29) is 34.5 Å². The van der Waals surface area contributed by atoms with Crippen LogP contribution in [0.4, 0.5) is 8.78 Å². The molecule has 0 bridgehead atoms. The summed E-state index contributed by atoms with van der Waals surface area (Å²) in [4.78, 5) is 12.6. The molecular formula is C23H28F2N2O5S. The maximum Gasteiger partial charge on any atom is 0.387 e. The van der Waals surface area contributed by atoms with Gasteiger partial charge in [0.1, 0.15) is 16.4 Å². The van der Waals surface area contributed by atoms with Crippen molar-refractivity contribution in [3.05, 3.63) is 53.6 Å². The molecule has 1 amide bonds. The Morgan fingerprint density at radius 1 is 1.18 bits per heavy atom. The largest absolute Gasteiger partial charge is 0.495 e. The summed E-state index contributed by atoms with van der Waals surface area (Å²) in [6.45, 7) is -0.284. The zero-order valence-corrected chi connectivity index (χ0v) is 19.4. The Morgan fingerprint density at radius 3 is 2.55 bits per heavy atom. The van der Waals surface area contributed by atoms with Crippen molar-refractivity contribution in [1.29, 1.82) is 0 Å². The molecule has 2 aromatic rings. The molecule has 1 unspecified atom stereocenters. The Hall–Kier alpha value is -2.72. The summed E-state index contributed by atoms with van der Waals surface area (Å²) < 4.78 is 62.1. The summed E-state index contributed by atoms with van der Waals surface area (Å²) in [6, 6.07) is 10.4. The first-order valence-corrected chi connectivity index (χ1v) is 12.2. The number of ether oxygens (including phenoxy) is 2. The minimum absolute atomic E-state index is 0.0268. The first-order valence-electron chi connectivity index (χ1n) is 10.7. The maximum atomic E-state index is 13.3. The molecule has 0 aliphatic carbocycles. The fraction of sp³-hybridized carbons (Fsp3) is 0.435. The highest BCUT2D eigenvalue weighted by Crippen LogP contribution is 2.31. The van der Waals surface area contributed by atoms with Gasteiger partial charge in [0.2, 0.25) is 10.0 Å². The molecule has 0 aromatic heterocycles. The number of halogens is 2. The SMILES string of the molecule is COc1ccc(C(=O)NCCc2ccc(OC(F)F)cc2)cc1S(=O)(=O)N1CCCCC1C. The summed E-state index contributed by atoms with van der Waals surface area (Å²) in [5.74, 6) is -0.165. The van der Waals surface area contributed by atoms with E-state index < -0.39 is 22.5 Å². The monoisotopic (exact) mass is 482 g/mol. The Labute approximate surface area is 192 Å². The Kier molecular flexibility index (Phi) is 8.25. The van der Waals surface area contributed by atoms with Gasteiger partial charge in [-0.3, -0.25) is 4.79 Å². The highest BCUT2D eigenvalue weighted by Gasteiger charge is 2.33. The lowest BCUT2D eigenvalue weighted by Crippen LogP contribution is -2.42. The van der Waals surface area contributed by atoms with Gasteiger partial charge in [0, 0.05) is 24.7 Å². The number of methoxy groups -OCH3 is 1. The number of carbonyl (C=O) groups is 1. The van der Waals surface area contributed by atoms with Crippen LogP contribution in [0.25, 0.3) is 0 Å². The van der Waals surface area contributed by atoms with E-state index in [1.807, 2.05) is 6.92 Å². The fourth-order valence-electron chi connectivity index (χ4n) is 3.83. The van der Waals surface area contributed by atoms with Crippen LogP contribution >= 0.6 is 0 Å². The average molecular weight is 483 g/mol. The van der Waals surface area contributed by atoms with Crippen LogP contribution in [0.1, 0.15) is 42.1 Å². The van der Waals surface area contributed by atoms with E-state index in [9.17, 15) is 22.0 Å². The highest BCUT2D eigenvalue weighted by molar-refractivity contribution is 7.89. The molecule has 1 N–H and O–H groups in total. The van der Waals surface area contributed by atoms with Gasteiger partial charge in [-0.2, -0.15) is 13.1 Å². The lowest BCUT2D eigenvalue weighted by atomic mass is 10.1. The molecule has 1 aliphatic heterocycles. The quantitative estimate of drug-likeness (QED) is 0.587. The van der Waals surface area contributed by atoms with Crippen molar-refractivity contribution >= 4 is 15.9 Å². The minimum Gasteiger partial charge on any atom is -0.495 e. The van der Waals surface area contributed by atoms with Crippen LogP contribution in [0.5, 0.6) is 11.5 Å². The Bertz CT molecular complexity index is 1060. The number of alkyl halides is 2. The van der Waals surface area contributed by atoms with E-state index >= 15 is 0 Å². The maximum absolute atomic E-state index is 13.3. The van der Waals surface area contributed by atoms with Gasteiger partial charge in [-0.1, -0.05) is 18.6 Å². The highest BCUT2D eigenvalue weighted by atomic mass is 32.2. The van der Waals surface area contributed by atoms with Crippen molar-refractivity contribution in [2.24, 2.45) is 0 Å². The van der Waals surface area contributed by atoms with Crippen LogP contribution in [-0.4, -0.2) is 51.5 Å². The molecule has 3 rings (SSSR count). The van der Waals surface area contributed by atoms with Crippen LogP contribution in [0, 0.1) is 0 Å². The fourth-order valence-corrected chi connectivity index (χ4v) is 5.72. The summed E-state index contributed by atoms with van der Waals surface area (Å²) in [5, 5.41) is 2.76. The van der Waals surface area contributed by atoms with Gasteiger partial charge < -0.3 is 14.8 Å². The number of hydrogen-bond donors (Lipinski definition) is 1. The standard InChI is InChI=1S/C23H28F2N2O5S/c1-16-5-3-4-14-27(16)33(29,30)21-15-18(8-11-20(21)31-2)22(28)26-13-12-17-6-9-19(10-7-17)32-23(24)25/h6-11,15-16,23H,3-5,12-14H2,1-2H3,(H,26,28).